The van der Waals surface area contributed by atoms with Crippen LogP contribution in [0.15, 0.2) is 12.3 Å². The molecule has 2 saturated heterocycles. The number of morpholine rings is 1. The Morgan fingerprint density at radius 2 is 2.13 bits per heavy atom. The van der Waals surface area contributed by atoms with E-state index in [9.17, 15) is 4.79 Å². The lowest BCUT2D eigenvalue weighted by Gasteiger charge is -2.49. The number of nitrogens with zero attached hydrogens (tertiary/aromatic N) is 8. The van der Waals surface area contributed by atoms with E-state index in [0.717, 1.165) is 38.3 Å². The van der Waals surface area contributed by atoms with Crippen LogP contribution < -0.4 is 0 Å². The maximum Gasteiger partial charge on any atom is 0.274 e. The van der Waals surface area contributed by atoms with Gasteiger partial charge in [0, 0.05) is 46.0 Å². The summed E-state index contributed by atoms with van der Waals surface area (Å²) >= 11 is 0. The number of methoxy groups -OCH3 is 1. The zero-order valence-electron chi connectivity index (χ0n) is 17.7. The summed E-state index contributed by atoms with van der Waals surface area (Å²) in [4.78, 5) is 17.5. The highest BCUT2D eigenvalue weighted by atomic mass is 16.5. The van der Waals surface area contributed by atoms with Crippen molar-refractivity contribution in [3.8, 4) is 0 Å². The van der Waals surface area contributed by atoms with Crippen LogP contribution in [0.2, 0.25) is 0 Å². The molecule has 2 aliphatic rings. The summed E-state index contributed by atoms with van der Waals surface area (Å²) < 4.78 is 14.4. The van der Waals surface area contributed by atoms with Crippen molar-refractivity contribution in [3.63, 3.8) is 0 Å². The van der Waals surface area contributed by atoms with E-state index in [2.05, 4.69) is 25.5 Å². The molecule has 4 heterocycles. The molecule has 11 nitrogen and oxygen atoms in total. The fourth-order valence-electron chi connectivity index (χ4n) is 4.46. The summed E-state index contributed by atoms with van der Waals surface area (Å²) in [6.45, 7) is 7.94. The van der Waals surface area contributed by atoms with E-state index < -0.39 is 5.54 Å². The number of piperidine rings is 1. The number of carbonyl (C=O) groups is 1. The van der Waals surface area contributed by atoms with Crippen LogP contribution in [0.3, 0.4) is 0 Å². The Balaban J connectivity index is 1.65. The number of tetrazole rings is 1. The third-order valence-corrected chi connectivity index (χ3v) is 6.01. The molecule has 2 aromatic heterocycles. The van der Waals surface area contributed by atoms with Crippen molar-refractivity contribution < 1.29 is 14.3 Å². The molecule has 0 spiro atoms. The Bertz CT molecular complexity index is 846. The van der Waals surface area contributed by atoms with Gasteiger partial charge in [-0.3, -0.25) is 14.4 Å². The van der Waals surface area contributed by atoms with Gasteiger partial charge in [0.1, 0.15) is 11.2 Å². The fourth-order valence-corrected chi connectivity index (χ4v) is 4.46. The zero-order chi connectivity index (χ0) is 21.0. The third kappa shape index (κ3) is 3.96. The molecule has 0 N–H and O–H groups in total. The Morgan fingerprint density at radius 3 is 2.87 bits per heavy atom. The molecule has 2 fully saturated rings. The van der Waals surface area contributed by atoms with E-state index in [1.807, 2.05) is 22.7 Å². The monoisotopic (exact) mass is 418 g/mol. The molecule has 0 saturated carbocycles. The Morgan fingerprint density at radius 1 is 1.30 bits per heavy atom. The van der Waals surface area contributed by atoms with Gasteiger partial charge in [0.05, 0.1) is 26.4 Å². The maximum atomic E-state index is 13.3. The van der Waals surface area contributed by atoms with Crippen LogP contribution >= 0.6 is 0 Å². The van der Waals surface area contributed by atoms with Gasteiger partial charge in [-0.25, -0.2) is 4.68 Å². The molecule has 0 aliphatic carbocycles. The molecule has 11 heteroatoms. The van der Waals surface area contributed by atoms with E-state index in [1.54, 1.807) is 17.9 Å². The van der Waals surface area contributed by atoms with Crippen LogP contribution in [0, 0.1) is 0 Å². The Kier molecular flexibility index (Phi) is 6.40. The average molecular weight is 419 g/mol. The number of aromatic nitrogens is 6. The molecule has 0 radical (unpaired) electrons. The molecule has 1 amide bonds. The molecule has 0 unspecified atom stereocenters. The van der Waals surface area contributed by atoms with Crippen molar-refractivity contribution in [2.45, 2.75) is 38.4 Å². The first-order chi connectivity index (χ1) is 14.7. The van der Waals surface area contributed by atoms with Gasteiger partial charge in [-0.1, -0.05) is 0 Å². The molecule has 0 bridgehead atoms. The predicted molar refractivity (Wildman–Crippen MR) is 107 cm³/mol. The molecular formula is C19H30N8O3. The summed E-state index contributed by atoms with van der Waals surface area (Å²) in [5, 5.41) is 17.0. The largest absolute Gasteiger partial charge is 0.383 e. The zero-order valence-corrected chi connectivity index (χ0v) is 17.7. The topological polar surface area (TPSA) is 103 Å². The maximum absolute atomic E-state index is 13.3. The second-order valence-corrected chi connectivity index (χ2v) is 7.74. The summed E-state index contributed by atoms with van der Waals surface area (Å²) in [7, 11) is 1.66. The van der Waals surface area contributed by atoms with Gasteiger partial charge < -0.3 is 14.4 Å². The highest BCUT2D eigenvalue weighted by Gasteiger charge is 2.48. The minimum Gasteiger partial charge on any atom is -0.383 e. The normalized spacial score (nSPS) is 23.1. The minimum absolute atomic E-state index is 0.0459. The number of hydrogen-bond acceptors (Lipinski definition) is 8. The van der Waals surface area contributed by atoms with Crippen molar-refractivity contribution in [1.29, 1.82) is 0 Å². The van der Waals surface area contributed by atoms with Crippen molar-refractivity contribution in [2.24, 2.45) is 0 Å². The first-order valence-corrected chi connectivity index (χ1v) is 10.6. The average Bonchev–Trinajstić information content (AvgIpc) is 3.47. The van der Waals surface area contributed by atoms with Gasteiger partial charge in [0.25, 0.3) is 5.91 Å². The van der Waals surface area contributed by atoms with Gasteiger partial charge in [0.15, 0.2) is 5.82 Å². The summed E-state index contributed by atoms with van der Waals surface area (Å²) in [6.07, 6.45) is 3.60. The van der Waals surface area contributed by atoms with E-state index >= 15 is 0 Å². The highest BCUT2D eigenvalue weighted by Crippen LogP contribution is 2.37. The van der Waals surface area contributed by atoms with Crippen molar-refractivity contribution in [2.75, 3.05) is 53.1 Å². The van der Waals surface area contributed by atoms with Crippen LogP contribution in [-0.2, 0) is 28.1 Å². The molecule has 4 rings (SSSR count). The minimum atomic E-state index is -0.456. The third-order valence-electron chi connectivity index (χ3n) is 6.01. The molecule has 2 aliphatic heterocycles. The first-order valence-electron chi connectivity index (χ1n) is 10.6. The highest BCUT2D eigenvalue weighted by molar-refractivity contribution is 5.92. The standard InChI is InChI=1S/C19H30N8O3/c1-3-26-8-5-16(21-26)17(28)24-7-4-6-19(15-24,25-9-13-30-14-10-25)18-20-22-23-27(18)11-12-29-2/h5,8H,3-4,6-7,9-15H2,1-2H3/t19-/m0/s1. The molecule has 164 valence electrons. The van der Waals surface area contributed by atoms with Crippen LogP contribution in [0.5, 0.6) is 0 Å². The van der Waals surface area contributed by atoms with Crippen LogP contribution in [0.25, 0.3) is 0 Å². The Hall–Kier alpha value is -2.37. The number of likely N-dealkylation sites (tertiary alicyclic amines) is 1. The number of aryl methyl sites for hydroxylation is 1. The second kappa shape index (κ2) is 9.19. The van der Waals surface area contributed by atoms with Gasteiger partial charge in [-0.05, 0) is 36.3 Å². The smallest absolute Gasteiger partial charge is 0.274 e. The van der Waals surface area contributed by atoms with Crippen LogP contribution in [0.4, 0.5) is 0 Å². The summed E-state index contributed by atoms with van der Waals surface area (Å²) in [5.41, 5.74) is 0.0241. The van der Waals surface area contributed by atoms with Crippen LogP contribution in [0.1, 0.15) is 36.1 Å². The molecule has 30 heavy (non-hydrogen) atoms. The van der Waals surface area contributed by atoms with Gasteiger partial charge in [-0.2, -0.15) is 5.10 Å². The number of hydrogen-bond donors (Lipinski definition) is 0. The predicted octanol–water partition coefficient (Wildman–Crippen LogP) is -0.000400. The quantitative estimate of drug-likeness (QED) is 0.619. The van der Waals surface area contributed by atoms with Crippen molar-refractivity contribution >= 4 is 5.91 Å². The summed E-state index contributed by atoms with van der Waals surface area (Å²) in [6, 6.07) is 1.79. The van der Waals surface area contributed by atoms with Crippen molar-refractivity contribution in [1.82, 2.24) is 39.8 Å². The SMILES string of the molecule is CCn1ccc(C(=O)N2CCC[C@](c3nnnn3CCOC)(N3CCOCC3)C2)n1. The van der Waals surface area contributed by atoms with E-state index in [0.29, 0.717) is 45.1 Å². The summed E-state index contributed by atoms with van der Waals surface area (Å²) in [5.74, 6) is 0.744. The molecular weight excluding hydrogens is 388 g/mol. The number of carbonyl (C=O) groups excluding carboxylic acids is 1. The molecule has 2 aromatic rings. The van der Waals surface area contributed by atoms with Gasteiger partial charge in [0.2, 0.25) is 0 Å². The van der Waals surface area contributed by atoms with E-state index in [1.165, 1.54) is 0 Å². The van der Waals surface area contributed by atoms with Gasteiger partial charge in [-0.15, -0.1) is 5.10 Å². The lowest BCUT2D eigenvalue weighted by atomic mass is 9.85. The van der Waals surface area contributed by atoms with Crippen LogP contribution in [-0.4, -0.2) is 98.8 Å². The Labute approximate surface area is 175 Å². The van der Waals surface area contributed by atoms with E-state index in [-0.39, 0.29) is 5.91 Å². The number of ether oxygens (including phenoxy) is 2. The van der Waals surface area contributed by atoms with Gasteiger partial charge >= 0.3 is 0 Å². The lowest BCUT2D eigenvalue weighted by Crippen LogP contribution is -2.61. The number of rotatable bonds is 7. The second-order valence-electron chi connectivity index (χ2n) is 7.74. The number of amides is 1. The first kappa shape index (κ1) is 20.9. The van der Waals surface area contributed by atoms with E-state index in [4.69, 9.17) is 9.47 Å². The van der Waals surface area contributed by atoms with Crippen molar-refractivity contribution in [3.05, 3.63) is 23.8 Å². The fraction of sp³-hybridized carbons (Fsp3) is 0.737. The lowest BCUT2D eigenvalue weighted by molar-refractivity contribution is -0.0573. The molecule has 1 atom stereocenters. The molecule has 0 aromatic carbocycles.